The highest BCUT2D eigenvalue weighted by molar-refractivity contribution is 6.32. The number of carbonyl (C=O) groups excluding carboxylic acids is 2. The maximum absolute atomic E-state index is 12.5. The Kier molecular flexibility index (Phi) is 4.77. The first-order valence-electron chi connectivity index (χ1n) is 8.12. The molecule has 0 saturated carbocycles. The highest BCUT2D eigenvalue weighted by Crippen LogP contribution is 2.23. The maximum Gasteiger partial charge on any atom is 0.273 e. The molecule has 1 aliphatic rings. The minimum atomic E-state index is -0.321. The first-order chi connectivity index (χ1) is 12.4. The van der Waals surface area contributed by atoms with Gasteiger partial charge in [0.1, 0.15) is 11.4 Å². The van der Waals surface area contributed by atoms with Crippen LogP contribution in [0.4, 0.5) is 0 Å². The molecule has 1 aliphatic heterocycles. The van der Waals surface area contributed by atoms with Crippen LogP contribution in [0.25, 0.3) is 6.08 Å². The average Bonchev–Trinajstić information content (AvgIpc) is 3.08. The average molecular weight is 352 g/mol. The van der Waals surface area contributed by atoms with E-state index in [-0.39, 0.29) is 11.7 Å². The van der Waals surface area contributed by atoms with Crippen LogP contribution in [0, 0.1) is 13.8 Å². The fourth-order valence-corrected chi connectivity index (χ4v) is 2.93. The Labute approximate surface area is 151 Å². The quantitative estimate of drug-likeness (QED) is 0.619. The Hall–Kier alpha value is -3.13. The Balaban J connectivity index is 2.01. The molecule has 0 fully saturated rings. The molecule has 134 valence electrons. The number of nitrogens with zero attached hydrogens (tertiary/aromatic N) is 4. The lowest BCUT2D eigenvalue weighted by Crippen LogP contribution is -2.22. The van der Waals surface area contributed by atoms with Crippen molar-refractivity contribution < 1.29 is 9.59 Å². The first-order valence-corrected chi connectivity index (χ1v) is 8.12. The number of Topliss-reactive ketones (excluding diaryl/α,β-unsaturated/α-hetero) is 1. The van der Waals surface area contributed by atoms with E-state index in [0.717, 1.165) is 11.3 Å². The Bertz CT molecular complexity index is 925. The van der Waals surface area contributed by atoms with Crippen molar-refractivity contribution in [2.75, 3.05) is 20.6 Å². The fraction of sp³-hybridized carbons (Fsp3) is 0.278. The summed E-state index contributed by atoms with van der Waals surface area (Å²) in [5.41, 5.74) is 6.70. The second kappa shape index (κ2) is 7.01. The molecule has 26 heavy (non-hydrogen) atoms. The SMILES string of the molecule is Cc1[nH]c(C=C2C(=O)NN=C2c2cnccn2)c(C)c1C(=O)CN(C)C. The number of nitrogens with one attached hydrogen (secondary N) is 2. The zero-order valence-corrected chi connectivity index (χ0v) is 15.1. The number of aromatic nitrogens is 3. The van der Waals surface area contributed by atoms with Crippen LogP contribution in [0.1, 0.15) is 33.0 Å². The second-order valence-corrected chi connectivity index (χ2v) is 6.37. The van der Waals surface area contributed by atoms with Crippen molar-refractivity contribution in [3.63, 3.8) is 0 Å². The van der Waals surface area contributed by atoms with Gasteiger partial charge < -0.3 is 9.88 Å². The lowest BCUT2D eigenvalue weighted by Gasteiger charge is -2.08. The van der Waals surface area contributed by atoms with Gasteiger partial charge in [-0.1, -0.05) is 0 Å². The molecule has 0 unspecified atom stereocenters. The molecule has 0 radical (unpaired) electrons. The van der Waals surface area contributed by atoms with Gasteiger partial charge in [-0.05, 0) is 39.6 Å². The molecule has 0 aliphatic carbocycles. The van der Waals surface area contributed by atoms with Crippen LogP contribution in [-0.2, 0) is 4.79 Å². The normalized spacial score (nSPS) is 15.5. The number of amides is 1. The number of carbonyl (C=O) groups is 2. The number of aromatic amines is 1. The molecule has 0 bridgehead atoms. The van der Waals surface area contributed by atoms with Crippen LogP contribution < -0.4 is 5.43 Å². The van der Waals surface area contributed by atoms with Crippen LogP contribution >= 0.6 is 0 Å². The van der Waals surface area contributed by atoms with E-state index in [9.17, 15) is 9.59 Å². The molecule has 0 atom stereocenters. The lowest BCUT2D eigenvalue weighted by atomic mass is 10.0. The van der Waals surface area contributed by atoms with E-state index >= 15 is 0 Å². The maximum atomic E-state index is 12.5. The summed E-state index contributed by atoms with van der Waals surface area (Å²) in [5.74, 6) is -0.289. The van der Waals surface area contributed by atoms with E-state index < -0.39 is 0 Å². The zero-order valence-electron chi connectivity index (χ0n) is 15.1. The topological polar surface area (TPSA) is 103 Å². The van der Waals surface area contributed by atoms with Crippen LogP contribution in [0.15, 0.2) is 29.3 Å². The van der Waals surface area contributed by atoms with Crippen molar-refractivity contribution in [3.8, 4) is 0 Å². The van der Waals surface area contributed by atoms with Gasteiger partial charge in [-0.25, -0.2) is 5.43 Å². The largest absolute Gasteiger partial charge is 0.358 e. The summed E-state index contributed by atoms with van der Waals surface area (Å²) in [7, 11) is 3.70. The Morgan fingerprint density at radius 1 is 1.27 bits per heavy atom. The van der Waals surface area contributed by atoms with Gasteiger partial charge in [0, 0.05) is 29.3 Å². The van der Waals surface area contributed by atoms with E-state index in [1.807, 2.05) is 32.8 Å². The number of likely N-dealkylation sites (N-methyl/N-ethyl adjacent to an activating group) is 1. The van der Waals surface area contributed by atoms with Crippen molar-refractivity contribution in [3.05, 3.63) is 52.4 Å². The molecule has 3 heterocycles. The fourth-order valence-electron chi connectivity index (χ4n) is 2.93. The van der Waals surface area contributed by atoms with E-state index in [0.29, 0.717) is 34.8 Å². The third-order valence-electron chi connectivity index (χ3n) is 4.08. The molecule has 3 rings (SSSR count). The molecule has 8 heteroatoms. The summed E-state index contributed by atoms with van der Waals surface area (Å²) in [6.45, 7) is 4.04. The molecule has 8 nitrogen and oxygen atoms in total. The summed E-state index contributed by atoms with van der Waals surface area (Å²) < 4.78 is 0. The first kappa shape index (κ1) is 17.7. The second-order valence-electron chi connectivity index (χ2n) is 6.37. The minimum Gasteiger partial charge on any atom is -0.358 e. The van der Waals surface area contributed by atoms with Crippen molar-refractivity contribution in [2.45, 2.75) is 13.8 Å². The molecule has 1 amide bonds. The predicted octanol–water partition coefficient (Wildman–Crippen LogP) is 1.08. The number of H-pyrrole nitrogens is 1. The standard InChI is InChI=1S/C18H20N6O2/c1-10-13(21-11(2)16(10)15(25)9-24(3)4)7-12-17(22-23-18(12)26)14-8-19-5-6-20-14/h5-8,21H,9H2,1-4H3,(H,23,26). The highest BCUT2D eigenvalue weighted by Gasteiger charge is 2.26. The molecule has 0 aromatic carbocycles. The number of rotatable bonds is 5. The van der Waals surface area contributed by atoms with Gasteiger partial charge >= 0.3 is 0 Å². The van der Waals surface area contributed by atoms with Crippen molar-refractivity contribution >= 4 is 23.5 Å². The van der Waals surface area contributed by atoms with Gasteiger partial charge in [0.15, 0.2) is 5.78 Å². The van der Waals surface area contributed by atoms with Gasteiger partial charge in [-0.2, -0.15) is 5.10 Å². The molecule has 0 saturated heterocycles. The number of hydrogen-bond donors (Lipinski definition) is 2. The van der Waals surface area contributed by atoms with Crippen LogP contribution in [0.5, 0.6) is 0 Å². The number of hydrogen-bond acceptors (Lipinski definition) is 6. The zero-order chi connectivity index (χ0) is 18.8. The van der Waals surface area contributed by atoms with Crippen LogP contribution in [0.3, 0.4) is 0 Å². The summed E-state index contributed by atoms with van der Waals surface area (Å²) in [6.07, 6.45) is 6.34. The van der Waals surface area contributed by atoms with E-state index in [2.05, 4.69) is 25.5 Å². The third-order valence-corrected chi connectivity index (χ3v) is 4.08. The van der Waals surface area contributed by atoms with Gasteiger partial charge in [0.2, 0.25) is 0 Å². The van der Waals surface area contributed by atoms with Crippen molar-refractivity contribution in [1.29, 1.82) is 0 Å². The highest BCUT2D eigenvalue weighted by atomic mass is 16.2. The number of aryl methyl sites for hydroxylation is 1. The van der Waals surface area contributed by atoms with E-state index in [4.69, 9.17) is 0 Å². The predicted molar refractivity (Wildman–Crippen MR) is 97.8 cm³/mol. The number of hydrazone groups is 1. The Morgan fingerprint density at radius 3 is 2.69 bits per heavy atom. The molecule has 2 aromatic heterocycles. The molecule has 2 aromatic rings. The van der Waals surface area contributed by atoms with Gasteiger partial charge in [0.05, 0.1) is 18.3 Å². The molecule has 2 N–H and O–H groups in total. The monoisotopic (exact) mass is 352 g/mol. The van der Waals surface area contributed by atoms with E-state index in [1.54, 1.807) is 24.7 Å². The van der Waals surface area contributed by atoms with Crippen molar-refractivity contribution in [1.82, 2.24) is 25.3 Å². The van der Waals surface area contributed by atoms with Gasteiger partial charge in [0.25, 0.3) is 5.91 Å². The van der Waals surface area contributed by atoms with Gasteiger partial charge in [-0.15, -0.1) is 0 Å². The summed E-state index contributed by atoms with van der Waals surface area (Å²) in [4.78, 5) is 38.0. The van der Waals surface area contributed by atoms with Gasteiger partial charge in [-0.3, -0.25) is 19.6 Å². The summed E-state index contributed by atoms with van der Waals surface area (Å²) in [5, 5.41) is 4.06. The smallest absolute Gasteiger partial charge is 0.273 e. The van der Waals surface area contributed by atoms with E-state index in [1.165, 1.54) is 0 Å². The molecule has 0 spiro atoms. The Morgan fingerprint density at radius 2 is 2.04 bits per heavy atom. The summed E-state index contributed by atoms with van der Waals surface area (Å²) >= 11 is 0. The van der Waals surface area contributed by atoms with Crippen LogP contribution in [-0.4, -0.2) is 57.9 Å². The third kappa shape index (κ3) is 3.31. The minimum absolute atomic E-state index is 0.0320. The molecular formula is C18H20N6O2. The summed E-state index contributed by atoms with van der Waals surface area (Å²) in [6, 6.07) is 0. The van der Waals surface area contributed by atoms with Crippen molar-refractivity contribution in [2.24, 2.45) is 5.10 Å². The lowest BCUT2D eigenvalue weighted by molar-refractivity contribution is -0.116. The number of ketones is 1. The molecular weight excluding hydrogens is 332 g/mol. The van der Waals surface area contributed by atoms with Crippen LogP contribution in [0.2, 0.25) is 0 Å².